The Labute approximate surface area is 149 Å². The summed E-state index contributed by atoms with van der Waals surface area (Å²) in [6.45, 7) is 3.04. The van der Waals surface area contributed by atoms with Gasteiger partial charge in [-0.15, -0.1) is 12.4 Å². The van der Waals surface area contributed by atoms with Gasteiger partial charge in [-0.3, -0.25) is 4.79 Å². The van der Waals surface area contributed by atoms with Crippen molar-refractivity contribution >= 4 is 24.0 Å². The summed E-state index contributed by atoms with van der Waals surface area (Å²) in [5.41, 5.74) is 8.68. The van der Waals surface area contributed by atoms with E-state index in [9.17, 15) is 4.79 Å². The summed E-state index contributed by atoms with van der Waals surface area (Å²) >= 11 is 0. The molecular formula is C19H25ClN2O2. The Morgan fingerprint density at radius 2 is 1.62 bits per heavy atom. The van der Waals surface area contributed by atoms with E-state index >= 15 is 0 Å². The Balaban J connectivity index is 0.00000288. The number of ether oxygens (including phenoxy) is 1. The molecule has 1 amide bonds. The molecule has 0 radical (unpaired) electrons. The third kappa shape index (κ3) is 7.59. The second kappa shape index (κ2) is 10.8. The van der Waals surface area contributed by atoms with Crippen molar-refractivity contribution in [3.63, 3.8) is 0 Å². The average Bonchev–Trinajstić information content (AvgIpc) is 2.56. The molecule has 0 spiro atoms. The van der Waals surface area contributed by atoms with Crippen molar-refractivity contribution in [2.24, 2.45) is 5.73 Å². The monoisotopic (exact) mass is 348 g/mol. The van der Waals surface area contributed by atoms with E-state index in [4.69, 9.17) is 10.5 Å². The highest BCUT2D eigenvalue weighted by Crippen LogP contribution is 2.12. The van der Waals surface area contributed by atoms with Gasteiger partial charge in [0.1, 0.15) is 0 Å². The number of amides is 1. The van der Waals surface area contributed by atoms with Gasteiger partial charge in [0.25, 0.3) is 0 Å². The van der Waals surface area contributed by atoms with Crippen molar-refractivity contribution in [2.45, 2.75) is 39.0 Å². The minimum Gasteiger partial charge on any atom is -0.372 e. The summed E-state index contributed by atoms with van der Waals surface area (Å²) in [7, 11) is 0. The van der Waals surface area contributed by atoms with Gasteiger partial charge in [-0.05, 0) is 36.6 Å². The number of hydrogen-bond acceptors (Lipinski definition) is 3. The maximum absolute atomic E-state index is 11.7. The van der Waals surface area contributed by atoms with Crippen molar-refractivity contribution in [2.75, 3.05) is 5.32 Å². The van der Waals surface area contributed by atoms with Gasteiger partial charge in [-0.25, -0.2) is 0 Å². The van der Waals surface area contributed by atoms with E-state index in [1.807, 2.05) is 61.5 Å². The van der Waals surface area contributed by atoms with Gasteiger partial charge in [0, 0.05) is 18.2 Å². The smallest absolute Gasteiger partial charge is 0.224 e. The molecule has 4 nitrogen and oxygen atoms in total. The fourth-order valence-corrected chi connectivity index (χ4v) is 2.13. The summed E-state index contributed by atoms with van der Waals surface area (Å²) < 4.78 is 5.69. The van der Waals surface area contributed by atoms with Crippen molar-refractivity contribution in [3.05, 3.63) is 65.7 Å². The van der Waals surface area contributed by atoms with Crippen LogP contribution in [0.25, 0.3) is 0 Å². The van der Waals surface area contributed by atoms with Gasteiger partial charge >= 0.3 is 0 Å². The second-order valence-corrected chi connectivity index (χ2v) is 5.74. The Kier molecular flexibility index (Phi) is 9.08. The van der Waals surface area contributed by atoms with Crippen LogP contribution in [0.1, 0.15) is 30.9 Å². The number of hydrogen-bond donors (Lipinski definition) is 2. The quantitative estimate of drug-likeness (QED) is 0.760. The molecule has 1 unspecified atom stereocenters. The minimum absolute atomic E-state index is 0. The molecule has 0 saturated heterocycles. The van der Waals surface area contributed by atoms with E-state index in [1.165, 1.54) is 0 Å². The van der Waals surface area contributed by atoms with Gasteiger partial charge in [0.05, 0.1) is 13.2 Å². The van der Waals surface area contributed by atoms with Crippen LogP contribution in [0, 0.1) is 0 Å². The Morgan fingerprint density at radius 1 is 1.04 bits per heavy atom. The molecule has 2 aromatic carbocycles. The lowest BCUT2D eigenvalue weighted by atomic mass is 10.2. The predicted octanol–water partition coefficient (Wildman–Crippen LogP) is 3.89. The molecule has 0 aliphatic rings. The van der Waals surface area contributed by atoms with Crippen molar-refractivity contribution < 1.29 is 9.53 Å². The Morgan fingerprint density at radius 3 is 2.21 bits per heavy atom. The first-order chi connectivity index (χ1) is 11.1. The summed E-state index contributed by atoms with van der Waals surface area (Å²) in [5.74, 6) is -0.00428. The van der Waals surface area contributed by atoms with Gasteiger partial charge in [-0.1, -0.05) is 42.5 Å². The van der Waals surface area contributed by atoms with Crippen LogP contribution in [0.4, 0.5) is 5.69 Å². The van der Waals surface area contributed by atoms with E-state index in [-0.39, 0.29) is 24.4 Å². The van der Waals surface area contributed by atoms with Crippen LogP contribution in [0.3, 0.4) is 0 Å². The zero-order valence-electron chi connectivity index (χ0n) is 13.9. The van der Waals surface area contributed by atoms with Crippen molar-refractivity contribution in [1.82, 2.24) is 0 Å². The number of nitrogens with one attached hydrogen (secondary N) is 1. The summed E-state index contributed by atoms with van der Waals surface area (Å²) in [6, 6.07) is 17.8. The summed E-state index contributed by atoms with van der Waals surface area (Å²) in [6.07, 6.45) is 1.14. The highest BCUT2D eigenvalue weighted by atomic mass is 35.5. The topological polar surface area (TPSA) is 64.4 Å². The largest absolute Gasteiger partial charge is 0.372 e. The molecule has 2 rings (SSSR count). The van der Waals surface area contributed by atoms with E-state index in [1.54, 1.807) is 0 Å². The Bertz CT molecular complexity index is 601. The van der Waals surface area contributed by atoms with Crippen LogP contribution in [-0.2, 0) is 22.7 Å². The van der Waals surface area contributed by atoms with E-state index in [0.29, 0.717) is 26.1 Å². The maximum atomic E-state index is 11.7. The van der Waals surface area contributed by atoms with E-state index < -0.39 is 0 Å². The minimum atomic E-state index is -0.00428. The fourth-order valence-electron chi connectivity index (χ4n) is 2.13. The highest BCUT2D eigenvalue weighted by Gasteiger charge is 2.04. The zero-order chi connectivity index (χ0) is 16.5. The lowest BCUT2D eigenvalue weighted by Gasteiger charge is -2.08. The number of halogens is 1. The molecule has 0 aliphatic carbocycles. The molecule has 0 heterocycles. The predicted molar refractivity (Wildman–Crippen MR) is 100 cm³/mol. The molecule has 0 aliphatic heterocycles. The molecular weight excluding hydrogens is 324 g/mol. The number of carbonyl (C=O) groups excluding carboxylic acids is 1. The van der Waals surface area contributed by atoms with Gasteiger partial charge in [-0.2, -0.15) is 0 Å². The molecule has 2 aromatic rings. The van der Waals surface area contributed by atoms with Crippen LogP contribution in [0.5, 0.6) is 0 Å². The normalized spacial score (nSPS) is 11.4. The standard InChI is InChI=1S/C19H24N2O2.ClH/c1-15(20)7-12-19(22)21-18-10-8-17(9-11-18)14-23-13-16-5-3-2-4-6-16;/h2-6,8-11,15H,7,12-14,20H2,1H3,(H,21,22);1H. The third-order valence-electron chi connectivity index (χ3n) is 3.44. The van der Waals surface area contributed by atoms with Crippen LogP contribution >= 0.6 is 12.4 Å². The van der Waals surface area contributed by atoms with Gasteiger partial charge < -0.3 is 15.8 Å². The van der Waals surface area contributed by atoms with Crippen molar-refractivity contribution in [1.29, 1.82) is 0 Å². The van der Waals surface area contributed by atoms with Crippen LogP contribution < -0.4 is 11.1 Å². The summed E-state index contributed by atoms with van der Waals surface area (Å²) in [4.78, 5) is 11.7. The molecule has 0 saturated carbocycles. The molecule has 0 bridgehead atoms. The molecule has 130 valence electrons. The maximum Gasteiger partial charge on any atom is 0.224 e. The molecule has 24 heavy (non-hydrogen) atoms. The van der Waals surface area contributed by atoms with Gasteiger partial charge in [0.2, 0.25) is 5.91 Å². The van der Waals surface area contributed by atoms with Crippen LogP contribution in [0.15, 0.2) is 54.6 Å². The second-order valence-electron chi connectivity index (χ2n) is 5.74. The fraction of sp³-hybridized carbons (Fsp3) is 0.316. The number of anilines is 1. The third-order valence-corrected chi connectivity index (χ3v) is 3.44. The molecule has 5 heteroatoms. The zero-order valence-corrected chi connectivity index (χ0v) is 14.7. The van der Waals surface area contributed by atoms with E-state index in [2.05, 4.69) is 5.32 Å². The first kappa shape index (κ1) is 20.2. The average molecular weight is 349 g/mol. The van der Waals surface area contributed by atoms with Crippen LogP contribution in [0.2, 0.25) is 0 Å². The number of benzene rings is 2. The molecule has 0 aromatic heterocycles. The number of rotatable bonds is 8. The first-order valence-electron chi connectivity index (χ1n) is 7.89. The highest BCUT2D eigenvalue weighted by molar-refractivity contribution is 5.90. The van der Waals surface area contributed by atoms with Crippen LogP contribution in [-0.4, -0.2) is 11.9 Å². The lowest BCUT2D eigenvalue weighted by molar-refractivity contribution is -0.116. The molecule has 1 atom stereocenters. The van der Waals surface area contributed by atoms with Gasteiger partial charge in [0.15, 0.2) is 0 Å². The summed E-state index contributed by atoms with van der Waals surface area (Å²) in [5, 5.41) is 2.87. The Hall–Kier alpha value is -1.88. The molecule has 0 fully saturated rings. The number of carbonyl (C=O) groups is 1. The lowest BCUT2D eigenvalue weighted by Crippen LogP contribution is -2.19. The SMILES string of the molecule is CC(N)CCC(=O)Nc1ccc(COCc2ccccc2)cc1.Cl. The first-order valence-corrected chi connectivity index (χ1v) is 7.89. The van der Waals surface area contributed by atoms with Crippen molar-refractivity contribution in [3.8, 4) is 0 Å². The van der Waals surface area contributed by atoms with E-state index in [0.717, 1.165) is 16.8 Å². The number of nitrogens with two attached hydrogens (primary N) is 1. The molecule has 3 N–H and O–H groups in total.